The van der Waals surface area contributed by atoms with Gasteiger partial charge in [-0.2, -0.15) is 5.26 Å². The van der Waals surface area contributed by atoms with E-state index < -0.39 is 0 Å². The molecule has 23 heavy (non-hydrogen) atoms. The second-order valence-corrected chi connectivity index (χ2v) is 5.39. The summed E-state index contributed by atoms with van der Waals surface area (Å²) in [4.78, 5) is 0. The molecule has 3 aromatic carbocycles. The topological polar surface area (TPSA) is 35.8 Å². The van der Waals surface area contributed by atoms with E-state index in [1.54, 1.807) is 0 Å². The van der Waals surface area contributed by atoms with Gasteiger partial charge in [0.05, 0.1) is 12.1 Å². The van der Waals surface area contributed by atoms with Gasteiger partial charge >= 0.3 is 0 Å². The fourth-order valence-corrected chi connectivity index (χ4v) is 2.70. The first-order valence-corrected chi connectivity index (χ1v) is 7.69. The molecule has 0 radical (unpaired) electrons. The molecule has 1 atom stereocenters. The minimum atomic E-state index is -0.360. The molecule has 2 heteroatoms. The SMILES string of the molecule is N#C[C@@H](NC(c1ccccc1)c1ccccc1)c1ccccc1. The number of benzene rings is 3. The van der Waals surface area contributed by atoms with Gasteiger partial charge in [0.15, 0.2) is 0 Å². The molecule has 3 aromatic rings. The lowest BCUT2D eigenvalue weighted by Crippen LogP contribution is -2.26. The summed E-state index contributed by atoms with van der Waals surface area (Å²) in [6.45, 7) is 0. The predicted molar refractivity (Wildman–Crippen MR) is 92.7 cm³/mol. The van der Waals surface area contributed by atoms with E-state index in [4.69, 9.17) is 0 Å². The Hall–Kier alpha value is -2.89. The van der Waals surface area contributed by atoms with Crippen LogP contribution < -0.4 is 5.32 Å². The Morgan fingerprint density at radius 3 is 1.39 bits per heavy atom. The van der Waals surface area contributed by atoms with Gasteiger partial charge in [0.2, 0.25) is 0 Å². The van der Waals surface area contributed by atoms with E-state index in [2.05, 4.69) is 35.7 Å². The molecule has 0 aromatic heterocycles. The Labute approximate surface area is 137 Å². The molecule has 0 spiro atoms. The van der Waals surface area contributed by atoms with Gasteiger partial charge in [-0.05, 0) is 16.7 Å². The number of rotatable bonds is 5. The summed E-state index contributed by atoms with van der Waals surface area (Å²) in [5.74, 6) is 0. The largest absolute Gasteiger partial charge is 0.287 e. The van der Waals surface area contributed by atoms with Crippen molar-refractivity contribution in [1.82, 2.24) is 5.32 Å². The van der Waals surface area contributed by atoms with Gasteiger partial charge in [-0.3, -0.25) is 5.32 Å². The van der Waals surface area contributed by atoms with Crippen molar-refractivity contribution < 1.29 is 0 Å². The van der Waals surface area contributed by atoms with E-state index in [0.29, 0.717) is 0 Å². The van der Waals surface area contributed by atoms with Crippen LogP contribution in [0.4, 0.5) is 0 Å². The molecule has 0 aliphatic carbocycles. The lowest BCUT2D eigenvalue weighted by atomic mass is 9.96. The normalized spacial score (nSPS) is 11.8. The molecule has 112 valence electrons. The standard InChI is InChI=1S/C21H18N2/c22-16-20(17-10-4-1-5-11-17)23-21(18-12-6-2-7-13-18)19-14-8-3-9-15-19/h1-15,20-21,23H/t20-/m1/s1. The minimum absolute atomic E-state index is 0.0257. The highest BCUT2D eigenvalue weighted by Gasteiger charge is 2.19. The van der Waals surface area contributed by atoms with E-state index in [0.717, 1.165) is 16.7 Å². The zero-order chi connectivity index (χ0) is 15.9. The number of nitriles is 1. The Morgan fingerprint density at radius 2 is 1.00 bits per heavy atom. The summed E-state index contributed by atoms with van der Waals surface area (Å²) in [5, 5.41) is 13.1. The van der Waals surface area contributed by atoms with Crippen LogP contribution in [-0.2, 0) is 0 Å². The Bertz CT molecular complexity index is 722. The van der Waals surface area contributed by atoms with Crippen molar-refractivity contribution in [1.29, 1.82) is 5.26 Å². The minimum Gasteiger partial charge on any atom is -0.287 e. The molecule has 0 saturated carbocycles. The van der Waals surface area contributed by atoms with E-state index in [-0.39, 0.29) is 12.1 Å². The number of nitrogens with zero attached hydrogens (tertiary/aromatic N) is 1. The van der Waals surface area contributed by atoms with Crippen LogP contribution in [-0.4, -0.2) is 0 Å². The fourth-order valence-electron chi connectivity index (χ4n) is 2.70. The Morgan fingerprint density at radius 1 is 0.609 bits per heavy atom. The lowest BCUT2D eigenvalue weighted by Gasteiger charge is -2.23. The number of hydrogen-bond donors (Lipinski definition) is 1. The van der Waals surface area contributed by atoms with Crippen LogP contribution >= 0.6 is 0 Å². The third kappa shape index (κ3) is 3.66. The van der Waals surface area contributed by atoms with Crippen molar-refractivity contribution in [2.24, 2.45) is 0 Å². The van der Waals surface area contributed by atoms with E-state index in [1.807, 2.05) is 66.7 Å². The van der Waals surface area contributed by atoms with E-state index >= 15 is 0 Å². The van der Waals surface area contributed by atoms with Gasteiger partial charge in [-0.15, -0.1) is 0 Å². The van der Waals surface area contributed by atoms with Crippen LogP contribution in [0.15, 0.2) is 91.0 Å². The summed E-state index contributed by atoms with van der Waals surface area (Å²) in [6.07, 6.45) is 0. The first-order valence-electron chi connectivity index (χ1n) is 7.69. The third-order valence-electron chi connectivity index (χ3n) is 3.86. The van der Waals surface area contributed by atoms with Crippen LogP contribution in [0.5, 0.6) is 0 Å². The highest BCUT2D eigenvalue weighted by molar-refractivity contribution is 5.33. The third-order valence-corrected chi connectivity index (χ3v) is 3.86. The summed E-state index contributed by atoms with van der Waals surface area (Å²) < 4.78 is 0. The number of nitrogens with one attached hydrogen (secondary N) is 1. The maximum Gasteiger partial charge on any atom is 0.122 e. The second-order valence-electron chi connectivity index (χ2n) is 5.39. The van der Waals surface area contributed by atoms with Gasteiger partial charge in [0.1, 0.15) is 6.04 Å². The molecule has 0 aliphatic rings. The van der Waals surface area contributed by atoms with Crippen molar-refractivity contribution in [3.8, 4) is 6.07 Å². The monoisotopic (exact) mass is 298 g/mol. The van der Waals surface area contributed by atoms with Crippen LogP contribution in [0.1, 0.15) is 28.8 Å². The highest BCUT2D eigenvalue weighted by atomic mass is 15.0. The summed E-state index contributed by atoms with van der Waals surface area (Å²) >= 11 is 0. The fraction of sp³-hybridized carbons (Fsp3) is 0.0952. The smallest absolute Gasteiger partial charge is 0.122 e. The Kier molecular flexibility index (Phi) is 4.83. The molecule has 0 saturated heterocycles. The lowest BCUT2D eigenvalue weighted by molar-refractivity contribution is 0.559. The molecular weight excluding hydrogens is 280 g/mol. The highest BCUT2D eigenvalue weighted by Crippen LogP contribution is 2.25. The molecule has 0 fully saturated rings. The van der Waals surface area contributed by atoms with Gasteiger partial charge in [0, 0.05) is 0 Å². The van der Waals surface area contributed by atoms with Crippen LogP contribution in [0, 0.1) is 11.3 Å². The maximum absolute atomic E-state index is 9.61. The molecule has 0 unspecified atom stereocenters. The van der Waals surface area contributed by atoms with E-state index in [1.165, 1.54) is 0 Å². The van der Waals surface area contributed by atoms with Crippen LogP contribution in [0.25, 0.3) is 0 Å². The van der Waals surface area contributed by atoms with Crippen molar-refractivity contribution in [2.45, 2.75) is 12.1 Å². The van der Waals surface area contributed by atoms with Crippen LogP contribution in [0.3, 0.4) is 0 Å². The zero-order valence-electron chi connectivity index (χ0n) is 12.8. The van der Waals surface area contributed by atoms with Gasteiger partial charge in [-0.1, -0.05) is 91.0 Å². The number of hydrogen-bond acceptors (Lipinski definition) is 2. The Balaban J connectivity index is 1.95. The van der Waals surface area contributed by atoms with Crippen molar-refractivity contribution >= 4 is 0 Å². The van der Waals surface area contributed by atoms with Crippen molar-refractivity contribution in [3.63, 3.8) is 0 Å². The summed E-state index contributed by atoms with van der Waals surface area (Å²) in [5.41, 5.74) is 3.27. The first kappa shape index (κ1) is 15.0. The predicted octanol–water partition coefficient (Wildman–Crippen LogP) is 4.63. The second kappa shape index (κ2) is 7.40. The molecule has 0 heterocycles. The maximum atomic E-state index is 9.61. The van der Waals surface area contributed by atoms with Gasteiger partial charge < -0.3 is 0 Å². The molecule has 1 N–H and O–H groups in total. The quantitative estimate of drug-likeness (QED) is 0.745. The van der Waals surface area contributed by atoms with Gasteiger partial charge in [0.25, 0.3) is 0 Å². The average molecular weight is 298 g/mol. The first-order chi connectivity index (χ1) is 11.4. The average Bonchev–Trinajstić information content (AvgIpc) is 2.65. The molecule has 0 bridgehead atoms. The zero-order valence-corrected chi connectivity index (χ0v) is 12.8. The summed E-state index contributed by atoms with van der Waals surface area (Å²) in [7, 11) is 0. The molecule has 0 aliphatic heterocycles. The van der Waals surface area contributed by atoms with E-state index in [9.17, 15) is 5.26 Å². The molecule has 2 nitrogen and oxygen atoms in total. The van der Waals surface area contributed by atoms with Crippen molar-refractivity contribution in [2.75, 3.05) is 0 Å². The van der Waals surface area contributed by atoms with Crippen molar-refractivity contribution in [3.05, 3.63) is 108 Å². The molecular formula is C21H18N2. The molecule has 3 rings (SSSR count). The van der Waals surface area contributed by atoms with Gasteiger partial charge in [-0.25, -0.2) is 0 Å². The van der Waals surface area contributed by atoms with Crippen LogP contribution in [0.2, 0.25) is 0 Å². The summed E-state index contributed by atoms with van der Waals surface area (Å²) in [6, 6.07) is 32.3. The molecule has 0 amide bonds.